The van der Waals surface area contributed by atoms with Crippen LogP contribution in [0.1, 0.15) is 34.1 Å². The number of Topliss-reactive ketones (excluding diaryl/α,β-unsaturated/α-hetero) is 1. The van der Waals surface area contributed by atoms with Crippen molar-refractivity contribution in [3.8, 4) is 0 Å². The molecule has 14 heavy (non-hydrogen) atoms. The summed E-state index contributed by atoms with van der Waals surface area (Å²) in [4.78, 5) is 14.3. The molecule has 0 radical (unpaired) electrons. The Kier molecular flexibility index (Phi) is 3.48. The van der Waals surface area contributed by atoms with Crippen molar-refractivity contribution in [2.75, 3.05) is 19.6 Å². The highest BCUT2D eigenvalue weighted by Gasteiger charge is 2.26. The largest absolute Gasteiger partial charge is 0.300 e. The van der Waals surface area contributed by atoms with Crippen LogP contribution in [-0.4, -0.2) is 30.3 Å². The monoisotopic (exact) mass is 195 g/mol. The summed E-state index contributed by atoms with van der Waals surface area (Å²) < 4.78 is 0. The highest BCUT2D eigenvalue weighted by atomic mass is 16.1. The third-order valence-electron chi connectivity index (χ3n) is 2.71. The van der Waals surface area contributed by atoms with Crippen LogP contribution in [0.4, 0.5) is 0 Å². The molecule has 0 aliphatic carbocycles. The molecule has 0 fully saturated rings. The van der Waals surface area contributed by atoms with E-state index in [1.165, 1.54) is 0 Å². The molecule has 2 heteroatoms. The molecule has 0 saturated heterocycles. The van der Waals surface area contributed by atoms with Crippen LogP contribution in [0.3, 0.4) is 0 Å². The second-order valence-electron chi connectivity index (χ2n) is 4.95. The molecule has 0 amide bonds. The van der Waals surface area contributed by atoms with Gasteiger partial charge in [-0.25, -0.2) is 0 Å². The van der Waals surface area contributed by atoms with Gasteiger partial charge in [-0.1, -0.05) is 33.8 Å². The Bertz CT molecular complexity index is 248. The number of nitrogens with zero attached hydrogens (tertiary/aromatic N) is 1. The minimum absolute atomic E-state index is 0.222. The maximum Gasteiger partial charge on any atom is 0.163 e. The van der Waals surface area contributed by atoms with E-state index in [4.69, 9.17) is 0 Å². The lowest BCUT2D eigenvalue weighted by atomic mass is 9.84. The normalized spacial score (nSPS) is 19.3. The average Bonchev–Trinajstić information content (AvgIpc) is 2.15. The van der Waals surface area contributed by atoms with Gasteiger partial charge in [0.15, 0.2) is 5.78 Å². The highest BCUT2D eigenvalue weighted by molar-refractivity contribution is 5.99. The SMILES string of the molecule is CCN1CC=C(C(=O)C(C)(C)C)CC1. The van der Waals surface area contributed by atoms with Crippen molar-refractivity contribution in [2.45, 2.75) is 34.1 Å². The average molecular weight is 195 g/mol. The molecule has 80 valence electrons. The lowest BCUT2D eigenvalue weighted by Crippen LogP contribution is -2.32. The van der Waals surface area contributed by atoms with Crippen LogP contribution < -0.4 is 0 Å². The molecule has 0 unspecified atom stereocenters. The minimum atomic E-state index is -0.222. The Morgan fingerprint density at radius 1 is 1.50 bits per heavy atom. The summed E-state index contributed by atoms with van der Waals surface area (Å²) in [6, 6.07) is 0. The molecule has 1 heterocycles. The van der Waals surface area contributed by atoms with Crippen molar-refractivity contribution in [1.29, 1.82) is 0 Å². The summed E-state index contributed by atoms with van der Waals surface area (Å²) >= 11 is 0. The van der Waals surface area contributed by atoms with E-state index in [2.05, 4.69) is 17.9 Å². The molecule has 0 spiro atoms. The summed E-state index contributed by atoms with van der Waals surface area (Å²) in [6.07, 6.45) is 3.02. The summed E-state index contributed by atoms with van der Waals surface area (Å²) in [5.41, 5.74) is 0.808. The van der Waals surface area contributed by atoms with Crippen LogP contribution in [-0.2, 0) is 4.79 Å². The zero-order chi connectivity index (χ0) is 10.8. The summed E-state index contributed by atoms with van der Waals surface area (Å²) in [5.74, 6) is 0.313. The van der Waals surface area contributed by atoms with Crippen LogP contribution in [0.2, 0.25) is 0 Å². The Morgan fingerprint density at radius 2 is 2.14 bits per heavy atom. The summed E-state index contributed by atoms with van der Waals surface area (Å²) in [7, 11) is 0. The van der Waals surface area contributed by atoms with Gasteiger partial charge < -0.3 is 0 Å². The van der Waals surface area contributed by atoms with Crippen LogP contribution in [0.5, 0.6) is 0 Å². The van der Waals surface area contributed by atoms with Gasteiger partial charge in [0, 0.05) is 18.5 Å². The smallest absolute Gasteiger partial charge is 0.163 e. The van der Waals surface area contributed by atoms with Gasteiger partial charge in [0.2, 0.25) is 0 Å². The standard InChI is InChI=1S/C12H21NO/c1-5-13-8-6-10(7-9-13)11(14)12(2,3)4/h6H,5,7-9H2,1-4H3. The molecule has 0 N–H and O–H groups in total. The van der Waals surface area contributed by atoms with Crippen molar-refractivity contribution < 1.29 is 4.79 Å². The second-order valence-corrected chi connectivity index (χ2v) is 4.95. The molecule has 1 rings (SSSR count). The molecule has 0 bridgehead atoms. The van der Waals surface area contributed by atoms with Gasteiger partial charge in [0.25, 0.3) is 0 Å². The molecule has 0 aromatic rings. The van der Waals surface area contributed by atoms with E-state index in [9.17, 15) is 4.79 Å². The number of hydrogen-bond donors (Lipinski definition) is 0. The van der Waals surface area contributed by atoms with E-state index in [1.54, 1.807) is 0 Å². The Labute approximate surface area is 87.0 Å². The zero-order valence-electron chi connectivity index (χ0n) is 9.76. The molecule has 1 aliphatic heterocycles. The molecule has 2 nitrogen and oxygen atoms in total. The predicted octanol–water partition coefficient (Wildman–Crippen LogP) is 2.25. The highest BCUT2D eigenvalue weighted by Crippen LogP contribution is 2.23. The van der Waals surface area contributed by atoms with E-state index < -0.39 is 0 Å². The van der Waals surface area contributed by atoms with Crippen molar-refractivity contribution >= 4 is 5.78 Å². The maximum absolute atomic E-state index is 11.9. The van der Waals surface area contributed by atoms with E-state index in [0.717, 1.165) is 31.6 Å². The van der Waals surface area contributed by atoms with Crippen LogP contribution in [0.15, 0.2) is 11.6 Å². The van der Waals surface area contributed by atoms with Crippen LogP contribution >= 0.6 is 0 Å². The fourth-order valence-corrected chi connectivity index (χ4v) is 1.69. The first-order valence-corrected chi connectivity index (χ1v) is 5.41. The molecular formula is C12H21NO. The Morgan fingerprint density at radius 3 is 2.50 bits per heavy atom. The van der Waals surface area contributed by atoms with E-state index in [-0.39, 0.29) is 5.41 Å². The van der Waals surface area contributed by atoms with Crippen LogP contribution in [0.25, 0.3) is 0 Å². The number of carbonyl (C=O) groups excluding carboxylic acids is 1. The molecule has 0 aromatic carbocycles. The molecule has 1 aliphatic rings. The molecule has 0 saturated carbocycles. The third-order valence-corrected chi connectivity index (χ3v) is 2.71. The predicted molar refractivity (Wildman–Crippen MR) is 59.3 cm³/mol. The summed E-state index contributed by atoms with van der Waals surface area (Å²) in [5, 5.41) is 0. The quantitative estimate of drug-likeness (QED) is 0.673. The van der Waals surface area contributed by atoms with Gasteiger partial charge in [-0.2, -0.15) is 0 Å². The van der Waals surface area contributed by atoms with E-state index in [0.29, 0.717) is 5.78 Å². The summed E-state index contributed by atoms with van der Waals surface area (Å²) in [6.45, 7) is 11.2. The molecule has 0 aromatic heterocycles. The Hall–Kier alpha value is -0.630. The molecular weight excluding hydrogens is 174 g/mol. The lowest BCUT2D eigenvalue weighted by molar-refractivity contribution is -0.122. The topological polar surface area (TPSA) is 20.3 Å². The molecule has 0 atom stereocenters. The minimum Gasteiger partial charge on any atom is -0.300 e. The van der Waals surface area contributed by atoms with Crippen molar-refractivity contribution in [3.05, 3.63) is 11.6 Å². The number of hydrogen-bond acceptors (Lipinski definition) is 2. The lowest BCUT2D eigenvalue weighted by Gasteiger charge is -2.27. The van der Waals surface area contributed by atoms with Gasteiger partial charge in [0.05, 0.1) is 0 Å². The second kappa shape index (κ2) is 4.26. The van der Waals surface area contributed by atoms with E-state index >= 15 is 0 Å². The first kappa shape index (κ1) is 11.4. The van der Waals surface area contributed by atoms with Crippen molar-refractivity contribution in [3.63, 3.8) is 0 Å². The Balaban J connectivity index is 2.64. The van der Waals surface area contributed by atoms with Gasteiger partial charge in [-0.3, -0.25) is 9.69 Å². The van der Waals surface area contributed by atoms with Gasteiger partial charge in [-0.15, -0.1) is 0 Å². The fourth-order valence-electron chi connectivity index (χ4n) is 1.69. The van der Waals surface area contributed by atoms with Gasteiger partial charge in [0.1, 0.15) is 0 Å². The number of likely N-dealkylation sites (N-methyl/N-ethyl adjacent to an activating group) is 1. The third kappa shape index (κ3) is 2.68. The van der Waals surface area contributed by atoms with Gasteiger partial charge in [-0.05, 0) is 18.5 Å². The number of carbonyl (C=O) groups is 1. The van der Waals surface area contributed by atoms with E-state index in [1.807, 2.05) is 20.8 Å². The number of ketones is 1. The maximum atomic E-state index is 11.9. The van der Waals surface area contributed by atoms with Crippen LogP contribution in [0, 0.1) is 5.41 Å². The van der Waals surface area contributed by atoms with Gasteiger partial charge >= 0.3 is 0 Å². The first-order valence-electron chi connectivity index (χ1n) is 5.41. The fraction of sp³-hybridized carbons (Fsp3) is 0.750. The van der Waals surface area contributed by atoms with Crippen molar-refractivity contribution in [1.82, 2.24) is 4.90 Å². The zero-order valence-corrected chi connectivity index (χ0v) is 9.76. The first-order chi connectivity index (χ1) is 6.45. The number of rotatable bonds is 2. The van der Waals surface area contributed by atoms with Crippen molar-refractivity contribution in [2.24, 2.45) is 5.41 Å².